The number of hydrogen-bond acceptors (Lipinski definition) is 3. The van der Waals surface area contributed by atoms with Gasteiger partial charge in [0.05, 0.1) is 20.6 Å². The minimum absolute atomic E-state index is 0.0186. The molecule has 1 aromatic heterocycles. The first-order chi connectivity index (χ1) is 12.6. The van der Waals surface area contributed by atoms with Crippen LogP contribution < -0.4 is 14.8 Å². The zero-order valence-corrected chi connectivity index (χ0v) is 16.4. The van der Waals surface area contributed by atoms with Gasteiger partial charge in [-0.3, -0.25) is 4.79 Å². The van der Waals surface area contributed by atoms with Crippen LogP contribution in [0, 0.1) is 0 Å². The maximum atomic E-state index is 12.2. The Morgan fingerprint density at radius 1 is 1.08 bits per heavy atom. The predicted octanol–water partition coefficient (Wildman–Crippen LogP) is 3.78. The van der Waals surface area contributed by atoms with Crippen LogP contribution in [-0.2, 0) is 17.8 Å². The zero-order valence-electron chi connectivity index (χ0n) is 14.8. The first-order valence-electron chi connectivity index (χ1n) is 8.32. The standard InChI is InChI=1S/C20H21BrN2O3/c1-25-18-6-3-14(11-19(18)26-2)12-20(24)22-8-10-23-9-7-15-4-5-16(21)13-17(15)23/h3-7,9,11,13H,8,10,12H2,1-2H3,(H,22,24). The lowest BCUT2D eigenvalue weighted by atomic mass is 10.1. The highest BCUT2D eigenvalue weighted by molar-refractivity contribution is 9.10. The Hall–Kier alpha value is -2.47. The summed E-state index contributed by atoms with van der Waals surface area (Å²) in [6, 6.07) is 13.8. The second kappa shape index (κ2) is 8.27. The molecule has 6 heteroatoms. The second-order valence-corrected chi connectivity index (χ2v) is 6.84. The van der Waals surface area contributed by atoms with Crippen LogP contribution in [0.15, 0.2) is 53.1 Å². The number of aromatic nitrogens is 1. The Morgan fingerprint density at radius 2 is 1.88 bits per heavy atom. The van der Waals surface area contributed by atoms with E-state index in [2.05, 4.69) is 44.0 Å². The molecule has 1 N–H and O–H groups in total. The van der Waals surface area contributed by atoms with Crippen molar-refractivity contribution < 1.29 is 14.3 Å². The minimum atomic E-state index is -0.0186. The van der Waals surface area contributed by atoms with Gasteiger partial charge in [-0.2, -0.15) is 0 Å². The van der Waals surface area contributed by atoms with E-state index in [0.717, 1.165) is 22.1 Å². The molecule has 136 valence electrons. The van der Waals surface area contributed by atoms with Gasteiger partial charge in [0.15, 0.2) is 11.5 Å². The molecule has 0 fully saturated rings. The van der Waals surface area contributed by atoms with Gasteiger partial charge in [0.1, 0.15) is 0 Å². The summed E-state index contributed by atoms with van der Waals surface area (Å²) in [7, 11) is 3.18. The molecule has 0 bridgehead atoms. The number of benzene rings is 2. The van der Waals surface area contributed by atoms with E-state index in [1.807, 2.05) is 30.5 Å². The number of nitrogens with zero attached hydrogens (tertiary/aromatic N) is 1. The number of carbonyl (C=O) groups is 1. The highest BCUT2D eigenvalue weighted by Crippen LogP contribution is 2.27. The average Bonchev–Trinajstić information content (AvgIpc) is 3.03. The first kappa shape index (κ1) is 18.3. The number of methoxy groups -OCH3 is 2. The third-order valence-corrected chi connectivity index (χ3v) is 4.72. The number of fused-ring (bicyclic) bond motifs is 1. The van der Waals surface area contributed by atoms with E-state index in [1.54, 1.807) is 14.2 Å². The topological polar surface area (TPSA) is 52.5 Å². The van der Waals surface area contributed by atoms with Crippen LogP contribution in [0.2, 0.25) is 0 Å². The number of carbonyl (C=O) groups excluding carboxylic acids is 1. The predicted molar refractivity (Wildman–Crippen MR) is 106 cm³/mol. The van der Waals surface area contributed by atoms with E-state index < -0.39 is 0 Å². The van der Waals surface area contributed by atoms with E-state index >= 15 is 0 Å². The van der Waals surface area contributed by atoms with Gasteiger partial charge in [0, 0.05) is 29.3 Å². The van der Waals surface area contributed by atoms with E-state index in [1.165, 1.54) is 5.39 Å². The molecule has 1 heterocycles. The summed E-state index contributed by atoms with van der Waals surface area (Å²) in [4.78, 5) is 12.2. The number of amides is 1. The van der Waals surface area contributed by atoms with Crippen molar-refractivity contribution in [2.24, 2.45) is 0 Å². The van der Waals surface area contributed by atoms with Crippen molar-refractivity contribution in [2.75, 3.05) is 20.8 Å². The molecular weight excluding hydrogens is 396 g/mol. The van der Waals surface area contributed by atoms with Gasteiger partial charge in [-0.15, -0.1) is 0 Å². The first-order valence-corrected chi connectivity index (χ1v) is 9.12. The number of halogens is 1. The molecule has 0 aliphatic carbocycles. The average molecular weight is 417 g/mol. The van der Waals surface area contributed by atoms with Crippen molar-refractivity contribution in [3.05, 3.63) is 58.7 Å². The molecule has 26 heavy (non-hydrogen) atoms. The molecule has 0 aliphatic heterocycles. The molecule has 0 unspecified atom stereocenters. The highest BCUT2D eigenvalue weighted by atomic mass is 79.9. The van der Waals surface area contributed by atoms with Crippen molar-refractivity contribution in [3.8, 4) is 11.5 Å². The van der Waals surface area contributed by atoms with Gasteiger partial charge in [0.25, 0.3) is 0 Å². The molecule has 0 spiro atoms. The number of ether oxygens (including phenoxy) is 2. The Balaban J connectivity index is 1.56. The van der Waals surface area contributed by atoms with Crippen molar-refractivity contribution in [3.63, 3.8) is 0 Å². The molecule has 0 radical (unpaired) electrons. The quantitative estimate of drug-likeness (QED) is 0.637. The fourth-order valence-corrected chi connectivity index (χ4v) is 3.26. The molecule has 5 nitrogen and oxygen atoms in total. The van der Waals surface area contributed by atoms with Crippen molar-refractivity contribution in [1.29, 1.82) is 0 Å². The normalized spacial score (nSPS) is 10.7. The second-order valence-electron chi connectivity index (χ2n) is 5.93. The van der Waals surface area contributed by atoms with E-state index in [4.69, 9.17) is 9.47 Å². The van der Waals surface area contributed by atoms with Gasteiger partial charge in [0.2, 0.25) is 5.91 Å². The molecule has 1 amide bonds. The Bertz CT molecular complexity index is 921. The third-order valence-electron chi connectivity index (χ3n) is 4.22. The Kier molecular flexibility index (Phi) is 5.83. The maximum absolute atomic E-state index is 12.2. The number of rotatable bonds is 7. The fraction of sp³-hybridized carbons (Fsp3) is 0.250. The van der Waals surface area contributed by atoms with Gasteiger partial charge in [-0.1, -0.05) is 28.1 Å². The molecule has 0 saturated heterocycles. The lowest BCUT2D eigenvalue weighted by Gasteiger charge is -2.10. The molecule has 2 aromatic carbocycles. The van der Waals surface area contributed by atoms with Crippen LogP contribution in [0.3, 0.4) is 0 Å². The third kappa shape index (κ3) is 4.19. The van der Waals surface area contributed by atoms with Crippen LogP contribution in [0.25, 0.3) is 10.9 Å². The van der Waals surface area contributed by atoms with Crippen LogP contribution in [0.4, 0.5) is 0 Å². The highest BCUT2D eigenvalue weighted by Gasteiger charge is 2.08. The van der Waals surface area contributed by atoms with E-state index in [-0.39, 0.29) is 5.91 Å². The van der Waals surface area contributed by atoms with Crippen molar-refractivity contribution >= 4 is 32.7 Å². The van der Waals surface area contributed by atoms with Crippen LogP contribution in [-0.4, -0.2) is 31.2 Å². The largest absolute Gasteiger partial charge is 0.493 e. The van der Waals surface area contributed by atoms with Crippen molar-refractivity contribution in [2.45, 2.75) is 13.0 Å². The molecule has 3 rings (SSSR count). The summed E-state index contributed by atoms with van der Waals surface area (Å²) in [6.45, 7) is 1.29. The van der Waals surface area contributed by atoms with Crippen LogP contribution in [0.5, 0.6) is 11.5 Å². The summed E-state index contributed by atoms with van der Waals surface area (Å²) in [5.41, 5.74) is 2.03. The summed E-state index contributed by atoms with van der Waals surface area (Å²) in [6.07, 6.45) is 2.34. The van der Waals surface area contributed by atoms with Gasteiger partial charge in [-0.05, 0) is 41.3 Å². The monoisotopic (exact) mass is 416 g/mol. The van der Waals surface area contributed by atoms with Gasteiger partial charge < -0.3 is 19.4 Å². The molecule has 3 aromatic rings. The van der Waals surface area contributed by atoms with E-state index in [9.17, 15) is 4.79 Å². The van der Waals surface area contributed by atoms with Gasteiger partial charge in [-0.25, -0.2) is 0 Å². The van der Waals surface area contributed by atoms with Gasteiger partial charge >= 0.3 is 0 Å². The van der Waals surface area contributed by atoms with Crippen LogP contribution >= 0.6 is 15.9 Å². The Morgan fingerprint density at radius 3 is 2.65 bits per heavy atom. The molecule has 0 aliphatic rings. The lowest BCUT2D eigenvalue weighted by Crippen LogP contribution is -2.28. The summed E-state index contributed by atoms with van der Waals surface area (Å²) in [5.74, 6) is 1.26. The summed E-state index contributed by atoms with van der Waals surface area (Å²) >= 11 is 3.50. The number of nitrogens with one attached hydrogen (secondary N) is 1. The Labute approximate surface area is 161 Å². The lowest BCUT2D eigenvalue weighted by molar-refractivity contribution is -0.120. The van der Waals surface area contributed by atoms with Crippen LogP contribution in [0.1, 0.15) is 5.56 Å². The summed E-state index contributed by atoms with van der Waals surface area (Å²) in [5, 5.41) is 4.16. The zero-order chi connectivity index (χ0) is 18.5. The minimum Gasteiger partial charge on any atom is -0.493 e. The fourth-order valence-electron chi connectivity index (χ4n) is 2.91. The SMILES string of the molecule is COc1ccc(CC(=O)NCCn2ccc3ccc(Br)cc32)cc1OC. The molecular formula is C20H21BrN2O3. The van der Waals surface area contributed by atoms with Crippen molar-refractivity contribution in [1.82, 2.24) is 9.88 Å². The van der Waals surface area contributed by atoms with E-state index in [0.29, 0.717) is 24.5 Å². The maximum Gasteiger partial charge on any atom is 0.224 e. The summed E-state index contributed by atoms with van der Waals surface area (Å²) < 4.78 is 13.7. The molecule has 0 atom stereocenters. The smallest absolute Gasteiger partial charge is 0.224 e. The number of hydrogen-bond donors (Lipinski definition) is 1. The molecule has 0 saturated carbocycles.